The number of rotatable bonds is 4. The van der Waals surface area contributed by atoms with Crippen LogP contribution in [-0.2, 0) is 6.54 Å². The quantitative estimate of drug-likeness (QED) is 0.754. The fourth-order valence-electron chi connectivity index (χ4n) is 1.58. The van der Waals surface area contributed by atoms with Gasteiger partial charge in [-0.3, -0.25) is 0 Å². The van der Waals surface area contributed by atoms with Crippen LogP contribution in [0.1, 0.15) is 5.56 Å². The number of nitrogens with one attached hydrogen (secondary N) is 1. The van der Waals surface area contributed by atoms with E-state index in [4.69, 9.17) is 0 Å². The molecule has 0 saturated heterocycles. The van der Waals surface area contributed by atoms with Crippen LogP contribution in [0.2, 0.25) is 0 Å². The molecule has 2 aromatic carbocycles. The Kier molecular flexibility index (Phi) is 4.74. The van der Waals surface area contributed by atoms with Crippen molar-refractivity contribution in [3.63, 3.8) is 0 Å². The summed E-state index contributed by atoms with van der Waals surface area (Å²) in [6.07, 6.45) is -4.65. The van der Waals surface area contributed by atoms with Crippen molar-refractivity contribution < 1.29 is 17.9 Å². The maximum atomic E-state index is 12.0. The Bertz CT molecular complexity index is 552. The molecule has 2 rings (SSSR count). The fourth-order valence-corrected chi connectivity index (χ4v) is 1.94. The zero-order chi connectivity index (χ0) is 14.6. The molecule has 0 aromatic heterocycles. The van der Waals surface area contributed by atoms with Crippen LogP contribution in [0, 0.1) is 3.57 Å². The van der Waals surface area contributed by atoms with Gasteiger partial charge >= 0.3 is 6.36 Å². The van der Waals surface area contributed by atoms with Crippen molar-refractivity contribution in [1.29, 1.82) is 0 Å². The lowest BCUT2D eigenvalue weighted by Gasteiger charge is -2.10. The molecule has 2 aromatic rings. The van der Waals surface area contributed by atoms with E-state index in [1.54, 1.807) is 12.1 Å². The van der Waals surface area contributed by atoms with Crippen molar-refractivity contribution in [3.8, 4) is 5.75 Å². The minimum Gasteiger partial charge on any atom is -0.406 e. The molecular weight excluding hydrogens is 382 g/mol. The van der Waals surface area contributed by atoms with Crippen LogP contribution in [0.15, 0.2) is 48.5 Å². The van der Waals surface area contributed by atoms with Crippen LogP contribution in [0.3, 0.4) is 0 Å². The van der Waals surface area contributed by atoms with Gasteiger partial charge in [0, 0.05) is 15.8 Å². The summed E-state index contributed by atoms with van der Waals surface area (Å²) >= 11 is 2.22. The van der Waals surface area contributed by atoms with E-state index in [2.05, 4.69) is 32.6 Å². The molecule has 0 aliphatic heterocycles. The van der Waals surface area contributed by atoms with Gasteiger partial charge in [0.05, 0.1) is 0 Å². The second-order valence-electron chi connectivity index (χ2n) is 4.05. The molecule has 1 N–H and O–H groups in total. The van der Waals surface area contributed by atoms with Crippen molar-refractivity contribution >= 4 is 28.3 Å². The van der Waals surface area contributed by atoms with E-state index >= 15 is 0 Å². The van der Waals surface area contributed by atoms with Crippen LogP contribution in [0.25, 0.3) is 0 Å². The standard InChI is InChI=1S/C14H11F3INO/c15-14(16,17)20-13-7-1-10(2-8-13)9-19-12-5-3-11(18)4-6-12/h1-8,19H,9H2. The highest BCUT2D eigenvalue weighted by Gasteiger charge is 2.30. The molecule has 2 nitrogen and oxygen atoms in total. The molecule has 0 aliphatic rings. The van der Waals surface area contributed by atoms with Crippen molar-refractivity contribution in [3.05, 3.63) is 57.7 Å². The van der Waals surface area contributed by atoms with Crippen molar-refractivity contribution in [2.75, 3.05) is 5.32 Å². The second-order valence-corrected chi connectivity index (χ2v) is 5.30. The van der Waals surface area contributed by atoms with Gasteiger partial charge in [-0.1, -0.05) is 12.1 Å². The van der Waals surface area contributed by atoms with Gasteiger partial charge in [-0.15, -0.1) is 13.2 Å². The summed E-state index contributed by atoms with van der Waals surface area (Å²) in [5.41, 5.74) is 1.83. The Hall–Kier alpha value is -1.44. The van der Waals surface area contributed by atoms with Crippen LogP contribution < -0.4 is 10.1 Å². The Morgan fingerprint density at radius 1 is 0.950 bits per heavy atom. The summed E-state index contributed by atoms with van der Waals surface area (Å²) in [6.45, 7) is 0.535. The van der Waals surface area contributed by atoms with Gasteiger partial charge < -0.3 is 10.1 Å². The number of hydrogen-bond donors (Lipinski definition) is 1. The molecule has 0 aliphatic carbocycles. The Morgan fingerprint density at radius 2 is 1.55 bits per heavy atom. The van der Waals surface area contributed by atoms with Gasteiger partial charge in [0.2, 0.25) is 0 Å². The maximum Gasteiger partial charge on any atom is 0.573 e. The smallest absolute Gasteiger partial charge is 0.406 e. The molecule has 0 fully saturated rings. The van der Waals surface area contributed by atoms with Crippen molar-refractivity contribution in [2.45, 2.75) is 12.9 Å². The van der Waals surface area contributed by atoms with E-state index in [1.165, 1.54) is 12.1 Å². The lowest BCUT2D eigenvalue weighted by molar-refractivity contribution is -0.274. The van der Waals surface area contributed by atoms with E-state index in [-0.39, 0.29) is 5.75 Å². The normalized spacial score (nSPS) is 11.2. The summed E-state index contributed by atoms with van der Waals surface area (Å²) < 4.78 is 41.0. The molecule has 0 unspecified atom stereocenters. The summed E-state index contributed by atoms with van der Waals surface area (Å²) in [5.74, 6) is -0.212. The third-order valence-corrected chi connectivity index (χ3v) is 3.22. The third kappa shape index (κ3) is 4.92. The molecule has 6 heteroatoms. The monoisotopic (exact) mass is 393 g/mol. The molecule has 106 valence electrons. The number of benzene rings is 2. The molecule has 0 heterocycles. The highest BCUT2D eigenvalue weighted by molar-refractivity contribution is 14.1. The first-order valence-corrected chi connectivity index (χ1v) is 6.84. The Balaban J connectivity index is 1.92. The number of halogens is 4. The first-order chi connectivity index (χ1) is 9.42. The van der Waals surface area contributed by atoms with E-state index in [9.17, 15) is 13.2 Å². The van der Waals surface area contributed by atoms with Crippen LogP contribution in [0.4, 0.5) is 18.9 Å². The highest BCUT2D eigenvalue weighted by atomic mass is 127. The van der Waals surface area contributed by atoms with Gasteiger partial charge in [-0.25, -0.2) is 0 Å². The van der Waals surface area contributed by atoms with Gasteiger partial charge in [0.1, 0.15) is 5.75 Å². The Morgan fingerprint density at radius 3 is 2.10 bits per heavy atom. The molecular formula is C14H11F3INO. The molecule has 0 radical (unpaired) electrons. The lowest BCUT2D eigenvalue weighted by atomic mass is 10.2. The fraction of sp³-hybridized carbons (Fsp3) is 0.143. The minimum atomic E-state index is -4.65. The number of ether oxygens (including phenoxy) is 1. The van der Waals surface area contributed by atoms with E-state index < -0.39 is 6.36 Å². The van der Waals surface area contributed by atoms with E-state index in [0.29, 0.717) is 6.54 Å². The highest BCUT2D eigenvalue weighted by Crippen LogP contribution is 2.23. The van der Waals surface area contributed by atoms with Crippen molar-refractivity contribution in [1.82, 2.24) is 0 Å². The number of hydrogen-bond acceptors (Lipinski definition) is 2. The lowest BCUT2D eigenvalue weighted by Crippen LogP contribution is -2.17. The first kappa shape index (κ1) is 15.0. The van der Waals surface area contributed by atoms with E-state index in [0.717, 1.165) is 14.8 Å². The van der Waals surface area contributed by atoms with Gasteiger partial charge in [0.15, 0.2) is 0 Å². The zero-order valence-electron chi connectivity index (χ0n) is 10.2. The van der Waals surface area contributed by atoms with Gasteiger partial charge in [-0.05, 0) is 64.6 Å². The summed E-state index contributed by atoms with van der Waals surface area (Å²) in [5, 5.41) is 3.19. The number of anilines is 1. The Labute approximate surface area is 128 Å². The SMILES string of the molecule is FC(F)(F)Oc1ccc(CNc2ccc(I)cc2)cc1. The largest absolute Gasteiger partial charge is 0.573 e. The average molecular weight is 393 g/mol. The van der Waals surface area contributed by atoms with Crippen LogP contribution in [-0.4, -0.2) is 6.36 Å². The zero-order valence-corrected chi connectivity index (χ0v) is 12.4. The maximum absolute atomic E-state index is 12.0. The van der Waals surface area contributed by atoms with Crippen LogP contribution >= 0.6 is 22.6 Å². The van der Waals surface area contributed by atoms with Gasteiger partial charge in [0.25, 0.3) is 0 Å². The predicted octanol–water partition coefficient (Wildman–Crippen LogP) is 4.80. The molecule has 0 bridgehead atoms. The molecule has 0 amide bonds. The van der Waals surface area contributed by atoms with Crippen molar-refractivity contribution in [2.24, 2.45) is 0 Å². The van der Waals surface area contributed by atoms with Crippen LogP contribution in [0.5, 0.6) is 5.75 Å². The first-order valence-electron chi connectivity index (χ1n) is 5.76. The number of alkyl halides is 3. The van der Waals surface area contributed by atoms with E-state index in [1.807, 2.05) is 24.3 Å². The molecule has 0 atom stereocenters. The average Bonchev–Trinajstić information content (AvgIpc) is 2.38. The summed E-state index contributed by atoms with van der Waals surface area (Å²) in [4.78, 5) is 0. The summed E-state index contributed by atoms with van der Waals surface area (Å²) in [6, 6.07) is 13.6. The van der Waals surface area contributed by atoms with Gasteiger partial charge in [-0.2, -0.15) is 0 Å². The summed E-state index contributed by atoms with van der Waals surface area (Å²) in [7, 11) is 0. The molecule has 20 heavy (non-hydrogen) atoms. The second kappa shape index (κ2) is 6.34. The third-order valence-electron chi connectivity index (χ3n) is 2.50. The topological polar surface area (TPSA) is 21.3 Å². The predicted molar refractivity (Wildman–Crippen MR) is 79.6 cm³/mol. The molecule has 0 saturated carbocycles. The molecule has 0 spiro atoms. The minimum absolute atomic E-state index is 0.212.